The molecule has 2 aromatic carbocycles. The van der Waals surface area contributed by atoms with Crippen molar-refractivity contribution in [3.8, 4) is 11.5 Å². The molecule has 0 spiro atoms. The smallest absolute Gasteiger partial charge is 0.305 e. The molecule has 0 aliphatic rings. The number of para-hydroxylation sites is 1. The zero-order valence-corrected chi connectivity index (χ0v) is 10.0. The maximum Gasteiger partial charge on any atom is 0.305 e. The minimum atomic E-state index is -1.09. The van der Waals surface area contributed by atoms with Crippen molar-refractivity contribution >= 4 is 5.69 Å². The highest BCUT2D eigenvalue weighted by Crippen LogP contribution is 2.30. The SMILES string of the molecule is O=[N+]([O-])c1ccc(Oc2c(F)cccc2CO)cc1F. The molecule has 0 fully saturated rings. The average Bonchev–Trinajstić information content (AvgIpc) is 2.40. The summed E-state index contributed by atoms with van der Waals surface area (Å²) in [4.78, 5) is 9.60. The lowest BCUT2D eigenvalue weighted by molar-refractivity contribution is -0.387. The van der Waals surface area contributed by atoms with Gasteiger partial charge in [-0.2, -0.15) is 4.39 Å². The van der Waals surface area contributed by atoms with Gasteiger partial charge in [0.15, 0.2) is 11.6 Å². The van der Waals surface area contributed by atoms with Gasteiger partial charge in [0.2, 0.25) is 5.82 Å². The van der Waals surface area contributed by atoms with Gasteiger partial charge in [0, 0.05) is 17.7 Å². The zero-order chi connectivity index (χ0) is 14.7. The molecule has 0 aliphatic carbocycles. The van der Waals surface area contributed by atoms with Crippen LogP contribution in [0, 0.1) is 21.7 Å². The molecule has 0 heterocycles. The first-order valence-corrected chi connectivity index (χ1v) is 5.53. The molecular weight excluding hydrogens is 272 g/mol. The van der Waals surface area contributed by atoms with Crippen LogP contribution in [-0.4, -0.2) is 10.0 Å². The van der Waals surface area contributed by atoms with Crippen molar-refractivity contribution in [1.82, 2.24) is 0 Å². The number of rotatable bonds is 4. The van der Waals surface area contributed by atoms with E-state index in [0.717, 1.165) is 24.3 Å². The lowest BCUT2D eigenvalue weighted by atomic mass is 10.2. The van der Waals surface area contributed by atoms with Crippen LogP contribution in [0.1, 0.15) is 5.56 Å². The molecule has 1 N–H and O–H groups in total. The Morgan fingerprint density at radius 1 is 1.20 bits per heavy atom. The van der Waals surface area contributed by atoms with Gasteiger partial charge in [-0.3, -0.25) is 10.1 Å². The van der Waals surface area contributed by atoms with Gasteiger partial charge in [-0.05, 0) is 12.1 Å². The van der Waals surface area contributed by atoms with E-state index in [-0.39, 0.29) is 17.1 Å². The Kier molecular flexibility index (Phi) is 3.90. The molecule has 0 saturated carbocycles. The summed E-state index contributed by atoms with van der Waals surface area (Å²) in [5.74, 6) is -2.17. The lowest BCUT2D eigenvalue weighted by Gasteiger charge is -2.10. The van der Waals surface area contributed by atoms with Gasteiger partial charge in [-0.25, -0.2) is 4.39 Å². The van der Waals surface area contributed by atoms with Gasteiger partial charge in [0.25, 0.3) is 0 Å². The molecule has 0 aromatic heterocycles. The van der Waals surface area contributed by atoms with E-state index in [1.54, 1.807) is 0 Å². The lowest BCUT2D eigenvalue weighted by Crippen LogP contribution is -1.97. The molecule has 5 nitrogen and oxygen atoms in total. The number of halogens is 2. The monoisotopic (exact) mass is 281 g/mol. The van der Waals surface area contributed by atoms with Crippen molar-refractivity contribution in [2.24, 2.45) is 0 Å². The molecule has 2 aromatic rings. The van der Waals surface area contributed by atoms with Gasteiger partial charge in [-0.15, -0.1) is 0 Å². The summed E-state index contributed by atoms with van der Waals surface area (Å²) in [5.41, 5.74) is -0.517. The maximum atomic E-state index is 13.6. The highest BCUT2D eigenvalue weighted by molar-refractivity contribution is 5.42. The van der Waals surface area contributed by atoms with E-state index < -0.39 is 28.9 Å². The predicted molar refractivity (Wildman–Crippen MR) is 65.5 cm³/mol. The number of hydrogen-bond donors (Lipinski definition) is 1. The van der Waals surface area contributed by atoms with Crippen molar-refractivity contribution in [3.63, 3.8) is 0 Å². The Morgan fingerprint density at radius 3 is 2.55 bits per heavy atom. The molecule has 0 radical (unpaired) electrons. The minimum absolute atomic E-state index is 0.104. The summed E-state index contributed by atoms with van der Waals surface area (Å²) in [5, 5.41) is 19.6. The highest BCUT2D eigenvalue weighted by Gasteiger charge is 2.16. The summed E-state index contributed by atoms with van der Waals surface area (Å²) >= 11 is 0. The molecule has 0 bridgehead atoms. The zero-order valence-electron chi connectivity index (χ0n) is 10.0. The Morgan fingerprint density at radius 2 is 1.95 bits per heavy atom. The second kappa shape index (κ2) is 5.62. The summed E-state index contributed by atoms with van der Waals surface area (Å²) < 4.78 is 32.2. The molecule has 0 saturated heterocycles. The Hall–Kier alpha value is -2.54. The Bertz CT molecular complexity index is 661. The van der Waals surface area contributed by atoms with E-state index in [2.05, 4.69) is 0 Å². The summed E-state index contributed by atoms with van der Waals surface area (Å²) in [7, 11) is 0. The third-order valence-corrected chi connectivity index (χ3v) is 2.55. The quantitative estimate of drug-likeness (QED) is 0.690. The Labute approximate surface area is 112 Å². The summed E-state index contributed by atoms with van der Waals surface area (Å²) in [6.07, 6.45) is 0. The maximum absolute atomic E-state index is 13.6. The van der Waals surface area contributed by atoms with E-state index in [4.69, 9.17) is 9.84 Å². The van der Waals surface area contributed by atoms with E-state index in [9.17, 15) is 18.9 Å². The van der Waals surface area contributed by atoms with Crippen molar-refractivity contribution < 1.29 is 23.5 Å². The van der Waals surface area contributed by atoms with E-state index in [0.29, 0.717) is 0 Å². The van der Waals surface area contributed by atoms with Crippen LogP contribution in [0.15, 0.2) is 36.4 Å². The fourth-order valence-electron chi connectivity index (χ4n) is 1.61. The van der Waals surface area contributed by atoms with Crippen molar-refractivity contribution in [3.05, 3.63) is 63.7 Å². The van der Waals surface area contributed by atoms with Crippen molar-refractivity contribution in [2.45, 2.75) is 6.61 Å². The summed E-state index contributed by atoms with van der Waals surface area (Å²) in [6, 6.07) is 6.81. The van der Waals surface area contributed by atoms with Crippen LogP contribution in [0.25, 0.3) is 0 Å². The fourth-order valence-corrected chi connectivity index (χ4v) is 1.61. The van der Waals surface area contributed by atoms with E-state index in [1.165, 1.54) is 12.1 Å². The van der Waals surface area contributed by atoms with Crippen molar-refractivity contribution in [1.29, 1.82) is 0 Å². The third-order valence-electron chi connectivity index (χ3n) is 2.55. The molecule has 20 heavy (non-hydrogen) atoms. The average molecular weight is 281 g/mol. The standard InChI is InChI=1S/C13H9F2NO4/c14-10-3-1-2-8(7-17)13(10)20-9-4-5-12(16(18)19)11(15)6-9/h1-6,17H,7H2. The number of nitrogens with zero attached hydrogens (tertiary/aromatic N) is 1. The van der Waals surface area contributed by atoms with Gasteiger partial charge in [-0.1, -0.05) is 12.1 Å². The number of ether oxygens (including phenoxy) is 1. The first-order chi connectivity index (χ1) is 9.52. The highest BCUT2D eigenvalue weighted by atomic mass is 19.1. The topological polar surface area (TPSA) is 72.6 Å². The number of aliphatic hydroxyl groups excluding tert-OH is 1. The van der Waals surface area contributed by atoms with Crippen LogP contribution >= 0.6 is 0 Å². The molecule has 0 aliphatic heterocycles. The number of nitro groups is 1. The van der Waals surface area contributed by atoms with Crippen LogP contribution in [0.3, 0.4) is 0 Å². The van der Waals surface area contributed by atoms with Crippen LogP contribution in [0.5, 0.6) is 11.5 Å². The first kappa shape index (κ1) is 13.9. The minimum Gasteiger partial charge on any atom is -0.454 e. The number of benzene rings is 2. The Balaban J connectivity index is 2.36. The number of nitro benzene ring substituents is 1. The molecular formula is C13H9F2NO4. The van der Waals surface area contributed by atoms with Crippen LogP contribution < -0.4 is 4.74 Å². The molecule has 7 heteroatoms. The van der Waals surface area contributed by atoms with Crippen molar-refractivity contribution in [2.75, 3.05) is 0 Å². The van der Waals surface area contributed by atoms with Crippen LogP contribution in [0.4, 0.5) is 14.5 Å². The molecule has 0 unspecified atom stereocenters. The second-order valence-electron chi connectivity index (χ2n) is 3.86. The van der Waals surface area contributed by atoms with Gasteiger partial charge in [0.05, 0.1) is 11.5 Å². The van der Waals surface area contributed by atoms with Crippen LogP contribution in [0.2, 0.25) is 0 Å². The van der Waals surface area contributed by atoms with Gasteiger partial charge < -0.3 is 9.84 Å². The molecule has 0 amide bonds. The molecule has 104 valence electrons. The molecule has 2 rings (SSSR count). The largest absolute Gasteiger partial charge is 0.454 e. The first-order valence-electron chi connectivity index (χ1n) is 5.53. The van der Waals surface area contributed by atoms with Gasteiger partial charge >= 0.3 is 5.69 Å². The third kappa shape index (κ3) is 2.72. The predicted octanol–water partition coefficient (Wildman–Crippen LogP) is 3.16. The van der Waals surface area contributed by atoms with E-state index >= 15 is 0 Å². The second-order valence-corrected chi connectivity index (χ2v) is 3.86. The van der Waals surface area contributed by atoms with E-state index in [1.807, 2.05) is 0 Å². The normalized spacial score (nSPS) is 10.3. The number of hydrogen-bond acceptors (Lipinski definition) is 4. The number of aliphatic hydroxyl groups is 1. The fraction of sp³-hybridized carbons (Fsp3) is 0.0769. The van der Waals surface area contributed by atoms with Gasteiger partial charge in [0.1, 0.15) is 5.75 Å². The molecule has 0 atom stereocenters. The van der Waals surface area contributed by atoms with Crippen LogP contribution in [-0.2, 0) is 6.61 Å². The summed E-state index contributed by atoms with van der Waals surface area (Å²) in [6.45, 7) is -0.456.